The van der Waals surface area contributed by atoms with E-state index in [2.05, 4.69) is 10.3 Å². The molecule has 122 valence electrons. The lowest BCUT2D eigenvalue weighted by Crippen LogP contribution is -2.08. The molecule has 0 unspecified atom stereocenters. The number of hydrogen-bond donors (Lipinski definition) is 1. The van der Waals surface area contributed by atoms with Gasteiger partial charge in [-0.15, -0.1) is 0 Å². The van der Waals surface area contributed by atoms with E-state index in [-0.39, 0.29) is 11.3 Å². The van der Waals surface area contributed by atoms with Crippen molar-refractivity contribution in [1.29, 1.82) is 5.26 Å². The zero-order valence-electron chi connectivity index (χ0n) is 13.2. The number of halogens is 2. The average Bonchev–Trinajstić information content (AvgIpc) is 2.90. The summed E-state index contributed by atoms with van der Waals surface area (Å²) in [4.78, 5) is 4.57. The maximum Gasteiger partial charge on any atom is 0.150 e. The van der Waals surface area contributed by atoms with Crippen LogP contribution in [0.4, 0.5) is 14.5 Å². The van der Waals surface area contributed by atoms with Gasteiger partial charge in [-0.1, -0.05) is 12.1 Å². The summed E-state index contributed by atoms with van der Waals surface area (Å²) in [5, 5.41) is 11.5. The molecule has 3 aromatic rings. The summed E-state index contributed by atoms with van der Waals surface area (Å²) in [6.07, 6.45) is 1.37. The second-order valence-corrected chi connectivity index (χ2v) is 5.53. The first-order chi connectivity index (χ1) is 11.6. The molecule has 0 spiro atoms. The van der Waals surface area contributed by atoms with Crippen LogP contribution in [0.1, 0.15) is 17.8 Å². The van der Waals surface area contributed by atoms with Gasteiger partial charge in [-0.2, -0.15) is 5.26 Å². The topological polar surface area (TPSA) is 53.6 Å². The lowest BCUT2D eigenvalue weighted by molar-refractivity contribution is 0.586. The van der Waals surface area contributed by atoms with Gasteiger partial charge in [0.1, 0.15) is 11.5 Å². The van der Waals surface area contributed by atoms with E-state index in [1.54, 1.807) is 6.07 Å². The molecule has 3 rings (SSSR count). The molecule has 4 nitrogen and oxygen atoms in total. The molecule has 0 saturated carbocycles. The molecule has 0 bridgehead atoms. The largest absolute Gasteiger partial charge is 0.380 e. The van der Waals surface area contributed by atoms with E-state index in [9.17, 15) is 8.78 Å². The molecule has 1 aromatic heterocycles. The van der Waals surface area contributed by atoms with Crippen LogP contribution in [0.5, 0.6) is 0 Å². The van der Waals surface area contributed by atoms with Gasteiger partial charge in [0.15, 0.2) is 11.6 Å². The number of para-hydroxylation sites is 2. The molecule has 2 aromatic carbocycles. The first-order valence-electron chi connectivity index (χ1n) is 7.63. The number of aryl methyl sites for hydroxylation is 2. The molecule has 6 heteroatoms. The number of hydrogen-bond acceptors (Lipinski definition) is 3. The molecular formula is C18H16F2N4. The van der Waals surface area contributed by atoms with Crippen molar-refractivity contribution < 1.29 is 8.78 Å². The van der Waals surface area contributed by atoms with Crippen molar-refractivity contribution in [2.24, 2.45) is 7.05 Å². The number of fused-ring (bicyclic) bond motifs is 1. The zero-order chi connectivity index (χ0) is 17.1. The van der Waals surface area contributed by atoms with Gasteiger partial charge in [-0.05, 0) is 30.7 Å². The summed E-state index contributed by atoms with van der Waals surface area (Å²) in [6.45, 7) is 0.406. The van der Waals surface area contributed by atoms with Crippen molar-refractivity contribution in [3.8, 4) is 6.07 Å². The lowest BCUT2D eigenvalue weighted by atomic mass is 10.2. The second kappa shape index (κ2) is 6.67. The molecule has 0 atom stereocenters. The first kappa shape index (κ1) is 15.9. The van der Waals surface area contributed by atoms with Crippen LogP contribution in [0.25, 0.3) is 11.0 Å². The number of nitriles is 1. The Morgan fingerprint density at radius 3 is 2.58 bits per heavy atom. The Morgan fingerprint density at radius 2 is 1.92 bits per heavy atom. The standard InChI is InChI=1S/C18H16F2N4/c1-24-16-6-3-2-5-15(16)23-17(24)7-4-8-22-18-13(19)9-12(11-21)10-14(18)20/h2-3,5-6,9-10,22H,4,7-8H2,1H3. The van der Waals surface area contributed by atoms with Crippen LogP contribution in [0, 0.1) is 23.0 Å². The van der Waals surface area contributed by atoms with Crippen molar-refractivity contribution in [2.45, 2.75) is 12.8 Å². The Hall–Kier alpha value is -2.94. The smallest absolute Gasteiger partial charge is 0.150 e. The number of anilines is 1. The summed E-state index contributed by atoms with van der Waals surface area (Å²) in [5.74, 6) is -0.581. The fourth-order valence-corrected chi connectivity index (χ4v) is 2.69. The molecule has 0 radical (unpaired) electrons. The lowest BCUT2D eigenvalue weighted by Gasteiger charge is -2.09. The second-order valence-electron chi connectivity index (χ2n) is 5.53. The number of imidazole rings is 1. The highest BCUT2D eigenvalue weighted by Gasteiger charge is 2.11. The summed E-state index contributed by atoms with van der Waals surface area (Å²) in [5.41, 5.74) is 1.77. The fraction of sp³-hybridized carbons (Fsp3) is 0.222. The quantitative estimate of drug-likeness (QED) is 0.726. The highest BCUT2D eigenvalue weighted by molar-refractivity contribution is 5.75. The Bertz CT molecular complexity index is 901. The molecule has 0 aliphatic heterocycles. The van der Waals surface area contributed by atoms with Crippen LogP contribution in [0.2, 0.25) is 0 Å². The van der Waals surface area contributed by atoms with Gasteiger partial charge in [-0.25, -0.2) is 13.8 Å². The van der Waals surface area contributed by atoms with Crippen LogP contribution in [0.15, 0.2) is 36.4 Å². The minimum Gasteiger partial charge on any atom is -0.380 e. The summed E-state index contributed by atoms with van der Waals surface area (Å²) in [7, 11) is 1.96. The van der Waals surface area contributed by atoms with Crippen molar-refractivity contribution in [2.75, 3.05) is 11.9 Å². The molecule has 0 aliphatic rings. The first-order valence-corrected chi connectivity index (χ1v) is 7.63. The molecular weight excluding hydrogens is 310 g/mol. The third-order valence-corrected chi connectivity index (χ3v) is 3.93. The van der Waals surface area contributed by atoms with Crippen LogP contribution in [0.3, 0.4) is 0 Å². The van der Waals surface area contributed by atoms with Crippen LogP contribution in [-0.4, -0.2) is 16.1 Å². The van der Waals surface area contributed by atoms with Crippen LogP contribution < -0.4 is 5.32 Å². The number of nitrogens with zero attached hydrogens (tertiary/aromatic N) is 3. The minimum absolute atomic E-state index is 0.0322. The Balaban J connectivity index is 1.63. The van der Waals surface area contributed by atoms with Gasteiger partial charge in [0.25, 0.3) is 0 Å². The van der Waals surface area contributed by atoms with Crippen molar-refractivity contribution in [3.63, 3.8) is 0 Å². The monoisotopic (exact) mass is 326 g/mol. The molecule has 24 heavy (non-hydrogen) atoms. The molecule has 0 saturated heterocycles. The Labute approximate surface area is 138 Å². The molecule has 0 fully saturated rings. The molecule has 1 heterocycles. The van der Waals surface area contributed by atoms with Crippen molar-refractivity contribution in [3.05, 3.63) is 59.4 Å². The third-order valence-electron chi connectivity index (χ3n) is 3.93. The SMILES string of the molecule is Cn1c(CCCNc2c(F)cc(C#N)cc2F)nc2ccccc21. The van der Waals surface area contributed by atoms with E-state index in [0.717, 1.165) is 29.0 Å². The van der Waals surface area contributed by atoms with Gasteiger partial charge in [-0.3, -0.25) is 0 Å². The average molecular weight is 326 g/mol. The van der Waals surface area contributed by atoms with E-state index >= 15 is 0 Å². The maximum atomic E-state index is 13.8. The van der Waals surface area contributed by atoms with E-state index < -0.39 is 11.6 Å². The predicted octanol–water partition coefficient (Wildman–Crippen LogP) is 3.77. The Kier molecular flexibility index (Phi) is 4.43. The summed E-state index contributed by atoms with van der Waals surface area (Å²) >= 11 is 0. The van der Waals surface area contributed by atoms with Gasteiger partial charge >= 0.3 is 0 Å². The fourth-order valence-electron chi connectivity index (χ4n) is 2.69. The molecule has 0 aliphatic carbocycles. The zero-order valence-corrected chi connectivity index (χ0v) is 13.2. The van der Waals surface area contributed by atoms with Crippen molar-refractivity contribution in [1.82, 2.24) is 9.55 Å². The minimum atomic E-state index is -0.755. The van der Waals surface area contributed by atoms with E-state index in [0.29, 0.717) is 19.4 Å². The predicted molar refractivity (Wildman–Crippen MR) is 88.6 cm³/mol. The molecule has 1 N–H and O–H groups in total. The van der Waals surface area contributed by atoms with Crippen LogP contribution in [-0.2, 0) is 13.5 Å². The number of aromatic nitrogens is 2. The van der Waals surface area contributed by atoms with Gasteiger partial charge in [0.05, 0.1) is 22.7 Å². The summed E-state index contributed by atoms with van der Waals surface area (Å²) in [6, 6.07) is 11.6. The van der Waals surface area contributed by atoms with Crippen LogP contribution >= 0.6 is 0 Å². The van der Waals surface area contributed by atoms with Gasteiger partial charge in [0, 0.05) is 20.0 Å². The maximum absolute atomic E-state index is 13.8. The summed E-state index contributed by atoms with van der Waals surface area (Å²) < 4.78 is 29.6. The Morgan fingerprint density at radius 1 is 1.21 bits per heavy atom. The van der Waals surface area contributed by atoms with E-state index in [4.69, 9.17) is 5.26 Å². The molecule has 0 amide bonds. The third kappa shape index (κ3) is 3.06. The highest BCUT2D eigenvalue weighted by atomic mass is 19.1. The number of rotatable bonds is 5. The normalized spacial score (nSPS) is 10.8. The highest BCUT2D eigenvalue weighted by Crippen LogP contribution is 2.21. The van der Waals surface area contributed by atoms with Gasteiger partial charge < -0.3 is 9.88 Å². The van der Waals surface area contributed by atoms with Crippen molar-refractivity contribution >= 4 is 16.7 Å². The number of benzene rings is 2. The van der Waals surface area contributed by atoms with Gasteiger partial charge in [0.2, 0.25) is 0 Å². The van der Waals surface area contributed by atoms with E-state index in [1.807, 2.05) is 35.9 Å². The van der Waals surface area contributed by atoms with E-state index in [1.165, 1.54) is 0 Å². The number of nitrogens with one attached hydrogen (secondary N) is 1.